The summed E-state index contributed by atoms with van der Waals surface area (Å²) in [5.74, 6) is -0.738. The molecule has 0 atom stereocenters. The first-order valence-corrected chi connectivity index (χ1v) is 8.19. The van der Waals surface area contributed by atoms with Crippen LogP contribution in [0.25, 0.3) is 10.2 Å². The molecular formula is C16H17FN4O2S. The number of aryl methyl sites for hydroxylation is 2. The Balaban J connectivity index is 2.10. The third kappa shape index (κ3) is 3.15. The number of aromatic nitrogens is 3. The highest BCUT2D eigenvalue weighted by Gasteiger charge is 2.13. The van der Waals surface area contributed by atoms with Crippen molar-refractivity contribution in [2.24, 2.45) is 12.0 Å². The molecule has 0 saturated carbocycles. The van der Waals surface area contributed by atoms with Crippen LogP contribution in [-0.2, 0) is 18.3 Å². The lowest BCUT2D eigenvalue weighted by Crippen LogP contribution is -2.19. The van der Waals surface area contributed by atoms with Crippen LogP contribution < -0.4 is 4.80 Å². The third-order valence-electron chi connectivity index (χ3n) is 3.69. The van der Waals surface area contributed by atoms with E-state index in [-0.39, 0.29) is 11.5 Å². The van der Waals surface area contributed by atoms with Gasteiger partial charge in [-0.25, -0.2) is 4.39 Å². The van der Waals surface area contributed by atoms with Crippen molar-refractivity contribution in [1.29, 1.82) is 0 Å². The Labute approximate surface area is 141 Å². The van der Waals surface area contributed by atoms with Crippen molar-refractivity contribution in [3.8, 4) is 0 Å². The predicted molar refractivity (Wildman–Crippen MR) is 89.5 cm³/mol. The van der Waals surface area contributed by atoms with Crippen molar-refractivity contribution in [3.63, 3.8) is 0 Å². The van der Waals surface area contributed by atoms with Gasteiger partial charge in [-0.1, -0.05) is 11.3 Å². The first-order chi connectivity index (χ1) is 11.5. The van der Waals surface area contributed by atoms with E-state index >= 15 is 0 Å². The van der Waals surface area contributed by atoms with E-state index in [9.17, 15) is 9.18 Å². The van der Waals surface area contributed by atoms with Gasteiger partial charge in [0.1, 0.15) is 5.82 Å². The van der Waals surface area contributed by atoms with Gasteiger partial charge < -0.3 is 9.30 Å². The maximum absolute atomic E-state index is 13.5. The molecule has 1 aromatic carbocycles. The second-order valence-electron chi connectivity index (χ2n) is 5.35. The topological polar surface area (TPSA) is 61.4 Å². The summed E-state index contributed by atoms with van der Waals surface area (Å²) < 4.78 is 22.8. The van der Waals surface area contributed by atoms with E-state index in [1.807, 2.05) is 11.5 Å². The van der Waals surface area contributed by atoms with Crippen LogP contribution in [0.2, 0.25) is 0 Å². The van der Waals surface area contributed by atoms with Gasteiger partial charge in [-0.3, -0.25) is 9.48 Å². The van der Waals surface area contributed by atoms with Crippen molar-refractivity contribution >= 4 is 27.5 Å². The van der Waals surface area contributed by atoms with Crippen molar-refractivity contribution < 1.29 is 13.9 Å². The first-order valence-electron chi connectivity index (χ1n) is 7.37. The molecule has 0 saturated heterocycles. The molecule has 0 radical (unpaired) electrons. The van der Waals surface area contributed by atoms with Gasteiger partial charge >= 0.3 is 0 Å². The fourth-order valence-electron chi connectivity index (χ4n) is 2.34. The second kappa shape index (κ2) is 6.66. The summed E-state index contributed by atoms with van der Waals surface area (Å²) in [6.07, 6.45) is 0. The molecule has 2 aromatic heterocycles. The highest BCUT2D eigenvalue weighted by molar-refractivity contribution is 7.16. The van der Waals surface area contributed by atoms with Gasteiger partial charge in [-0.2, -0.15) is 10.1 Å². The molecule has 3 rings (SSSR count). The largest absolute Gasteiger partial charge is 0.383 e. The monoisotopic (exact) mass is 348 g/mol. The van der Waals surface area contributed by atoms with Crippen LogP contribution in [0, 0.1) is 12.7 Å². The van der Waals surface area contributed by atoms with Gasteiger partial charge in [0, 0.05) is 26.4 Å². The number of nitrogens with zero attached hydrogens (tertiary/aromatic N) is 4. The molecule has 6 nitrogen and oxygen atoms in total. The number of carbonyl (C=O) groups is 1. The van der Waals surface area contributed by atoms with Crippen LogP contribution in [0.4, 0.5) is 4.39 Å². The lowest BCUT2D eigenvalue weighted by Gasteiger charge is -2.03. The van der Waals surface area contributed by atoms with E-state index in [2.05, 4.69) is 10.1 Å². The Morgan fingerprint density at radius 2 is 2.21 bits per heavy atom. The van der Waals surface area contributed by atoms with Crippen LogP contribution in [0.15, 0.2) is 29.3 Å². The fourth-order valence-corrected chi connectivity index (χ4v) is 3.42. The average Bonchev–Trinajstić information content (AvgIpc) is 3.05. The van der Waals surface area contributed by atoms with Crippen LogP contribution >= 0.6 is 11.3 Å². The number of methoxy groups -OCH3 is 1. The molecule has 0 bridgehead atoms. The Morgan fingerprint density at radius 3 is 2.88 bits per heavy atom. The molecule has 0 aliphatic heterocycles. The van der Waals surface area contributed by atoms with Gasteiger partial charge in [0.2, 0.25) is 0 Å². The third-order valence-corrected chi connectivity index (χ3v) is 4.74. The molecule has 24 heavy (non-hydrogen) atoms. The summed E-state index contributed by atoms with van der Waals surface area (Å²) in [6.45, 7) is 2.85. The van der Waals surface area contributed by atoms with E-state index in [1.165, 1.54) is 23.5 Å². The van der Waals surface area contributed by atoms with Crippen LogP contribution in [-0.4, -0.2) is 34.0 Å². The van der Waals surface area contributed by atoms with E-state index in [1.54, 1.807) is 31.0 Å². The second-order valence-corrected chi connectivity index (χ2v) is 6.36. The number of ether oxygens (including phenoxy) is 1. The minimum Gasteiger partial charge on any atom is -0.383 e. The highest BCUT2D eigenvalue weighted by atomic mass is 32.1. The van der Waals surface area contributed by atoms with Crippen molar-refractivity contribution in [2.75, 3.05) is 13.7 Å². The number of fused-ring (bicyclic) bond motifs is 1. The van der Waals surface area contributed by atoms with Crippen molar-refractivity contribution in [3.05, 3.63) is 46.3 Å². The molecule has 0 spiro atoms. The van der Waals surface area contributed by atoms with Gasteiger partial charge in [-0.15, -0.1) is 0 Å². The smallest absolute Gasteiger partial charge is 0.300 e. The maximum atomic E-state index is 13.5. The first kappa shape index (κ1) is 16.5. The van der Waals surface area contributed by atoms with Crippen LogP contribution in [0.3, 0.4) is 0 Å². The molecule has 8 heteroatoms. The number of benzene rings is 1. The number of hydrogen-bond donors (Lipinski definition) is 0. The van der Waals surface area contributed by atoms with Gasteiger partial charge in [0.05, 0.1) is 16.8 Å². The molecule has 0 aliphatic carbocycles. The number of hydrogen-bond acceptors (Lipinski definition) is 4. The van der Waals surface area contributed by atoms with Crippen molar-refractivity contribution in [1.82, 2.24) is 14.3 Å². The molecule has 3 aromatic rings. The van der Waals surface area contributed by atoms with Crippen LogP contribution in [0.1, 0.15) is 16.2 Å². The van der Waals surface area contributed by atoms with Gasteiger partial charge in [-0.05, 0) is 31.2 Å². The Bertz CT molecular complexity index is 951. The summed E-state index contributed by atoms with van der Waals surface area (Å²) in [7, 11) is 3.38. The standard InChI is InChI=1S/C16H17FN4O2S/c1-10-8-12(19-20(10)2)15(22)18-16-21(6-7-23-3)13-5-4-11(17)9-14(13)24-16/h4-5,8-9H,6-7H2,1-3H3. The van der Waals surface area contributed by atoms with E-state index in [0.717, 1.165) is 15.9 Å². The zero-order valence-electron chi connectivity index (χ0n) is 13.6. The average molecular weight is 348 g/mol. The number of halogens is 1. The quantitative estimate of drug-likeness (QED) is 0.727. The van der Waals surface area contributed by atoms with Gasteiger partial charge in [0.15, 0.2) is 10.5 Å². The summed E-state index contributed by atoms with van der Waals surface area (Å²) in [5, 5.41) is 4.15. The van der Waals surface area contributed by atoms with E-state index in [0.29, 0.717) is 18.0 Å². The number of rotatable bonds is 4. The molecule has 126 valence electrons. The molecule has 0 aliphatic rings. The van der Waals surface area contributed by atoms with Crippen molar-refractivity contribution in [2.45, 2.75) is 13.5 Å². The molecule has 2 heterocycles. The summed E-state index contributed by atoms with van der Waals surface area (Å²) in [5.41, 5.74) is 1.98. The summed E-state index contributed by atoms with van der Waals surface area (Å²) in [6, 6.07) is 6.22. The number of amides is 1. The highest BCUT2D eigenvalue weighted by Crippen LogP contribution is 2.18. The summed E-state index contributed by atoms with van der Waals surface area (Å²) in [4.78, 5) is 17.1. The minimum absolute atomic E-state index is 0.289. The molecule has 0 fully saturated rings. The number of carbonyl (C=O) groups excluding carboxylic acids is 1. The maximum Gasteiger partial charge on any atom is 0.300 e. The SMILES string of the molecule is COCCn1c(=NC(=O)c2cc(C)n(C)n2)sc2cc(F)ccc21. The molecule has 1 amide bonds. The number of thiazole rings is 1. The Morgan fingerprint density at radius 1 is 1.42 bits per heavy atom. The van der Waals surface area contributed by atoms with E-state index in [4.69, 9.17) is 4.74 Å². The van der Waals surface area contributed by atoms with Crippen LogP contribution in [0.5, 0.6) is 0 Å². The fraction of sp³-hybridized carbons (Fsp3) is 0.312. The molecule has 0 N–H and O–H groups in total. The predicted octanol–water partition coefficient (Wildman–Crippen LogP) is 2.27. The lowest BCUT2D eigenvalue weighted by atomic mass is 10.3. The lowest BCUT2D eigenvalue weighted by molar-refractivity contribution is 0.0992. The minimum atomic E-state index is -0.420. The Kier molecular flexibility index (Phi) is 4.59. The molecular weight excluding hydrogens is 331 g/mol. The molecule has 0 unspecified atom stereocenters. The van der Waals surface area contributed by atoms with Gasteiger partial charge in [0.25, 0.3) is 5.91 Å². The van der Waals surface area contributed by atoms with E-state index < -0.39 is 5.91 Å². The Hall–Kier alpha value is -2.32. The zero-order valence-corrected chi connectivity index (χ0v) is 14.4. The zero-order chi connectivity index (χ0) is 17.3. The summed E-state index contributed by atoms with van der Waals surface area (Å²) >= 11 is 1.27. The normalized spacial score (nSPS) is 12.2.